The lowest BCUT2D eigenvalue weighted by molar-refractivity contribution is -0.132. The van der Waals surface area contributed by atoms with Gasteiger partial charge in [-0.1, -0.05) is 48.0 Å². The summed E-state index contributed by atoms with van der Waals surface area (Å²) in [6.07, 6.45) is 0.967. The number of carbonyl (C=O) groups is 1. The molecule has 0 aliphatic carbocycles. The molecule has 1 aliphatic heterocycles. The Hall–Kier alpha value is -2.04. The third-order valence-electron chi connectivity index (χ3n) is 4.36. The van der Waals surface area contributed by atoms with Crippen molar-refractivity contribution in [2.45, 2.75) is 6.42 Å². The van der Waals surface area contributed by atoms with Crippen molar-refractivity contribution in [3.8, 4) is 16.9 Å². The summed E-state index contributed by atoms with van der Waals surface area (Å²) in [6, 6.07) is 15.6. The predicted molar refractivity (Wildman–Crippen MR) is 96.1 cm³/mol. The number of hydrogen-bond acceptors (Lipinski definition) is 3. The van der Waals surface area contributed by atoms with Crippen molar-refractivity contribution in [1.82, 2.24) is 4.90 Å². The van der Waals surface area contributed by atoms with E-state index >= 15 is 0 Å². The molecule has 1 heterocycles. The fourth-order valence-corrected chi connectivity index (χ4v) is 3.15. The zero-order valence-corrected chi connectivity index (χ0v) is 14.2. The van der Waals surface area contributed by atoms with Crippen molar-refractivity contribution in [2.24, 2.45) is 11.7 Å². The standard InChI is InChI=1S/C19H21ClN2O2/c20-17-10-16(15-4-2-1-3-5-15)6-7-18(17)24-13-19(23)22-9-8-14(11-21)12-22/h1-7,10,14H,8-9,11-13,21H2/t14-/m0/s1. The summed E-state index contributed by atoms with van der Waals surface area (Å²) in [4.78, 5) is 14.0. The zero-order valence-electron chi connectivity index (χ0n) is 13.5. The Morgan fingerprint density at radius 3 is 2.67 bits per heavy atom. The molecule has 0 aromatic heterocycles. The lowest BCUT2D eigenvalue weighted by Gasteiger charge is -2.17. The lowest BCUT2D eigenvalue weighted by atomic mass is 10.1. The van der Waals surface area contributed by atoms with Gasteiger partial charge in [0.05, 0.1) is 5.02 Å². The maximum absolute atomic E-state index is 12.2. The van der Waals surface area contributed by atoms with Crippen LogP contribution < -0.4 is 10.5 Å². The van der Waals surface area contributed by atoms with E-state index in [9.17, 15) is 4.79 Å². The monoisotopic (exact) mass is 344 g/mol. The van der Waals surface area contributed by atoms with Gasteiger partial charge >= 0.3 is 0 Å². The van der Waals surface area contributed by atoms with Crippen LogP contribution in [0.25, 0.3) is 11.1 Å². The summed E-state index contributed by atoms with van der Waals surface area (Å²) in [5.41, 5.74) is 7.76. The molecule has 1 aliphatic rings. The van der Waals surface area contributed by atoms with Crippen LogP contribution in [-0.2, 0) is 4.79 Å². The van der Waals surface area contributed by atoms with Gasteiger partial charge < -0.3 is 15.4 Å². The Balaban J connectivity index is 1.61. The molecule has 0 spiro atoms. The van der Waals surface area contributed by atoms with Gasteiger partial charge in [-0.25, -0.2) is 0 Å². The summed E-state index contributed by atoms with van der Waals surface area (Å²) in [6.45, 7) is 2.10. The molecule has 1 atom stereocenters. The number of nitrogens with zero attached hydrogens (tertiary/aromatic N) is 1. The molecule has 0 bridgehead atoms. The average Bonchev–Trinajstić information content (AvgIpc) is 3.10. The zero-order chi connectivity index (χ0) is 16.9. The van der Waals surface area contributed by atoms with Crippen LogP contribution in [0.2, 0.25) is 5.02 Å². The highest BCUT2D eigenvalue weighted by Crippen LogP contribution is 2.30. The minimum Gasteiger partial charge on any atom is -0.482 e. The second-order valence-corrected chi connectivity index (χ2v) is 6.44. The fourth-order valence-electron chi connectivity index (χ4n) is 2.91. The molecule has 2 aromatic carbocycles. The van der Waals surface area contributed by atoms with Crippen LogP contribution in [0.5, 0.6) is 5.75 Å². The Bertz CT molecular complexity index is 706. The number of benzene rings is 2. The number of nitrogens with two attached hydrogens (primary N) is 1. The minimum absolute atomic E-state index is 0.00168. The van der Waals surface area contributed by atoms with Gasteiger partial charge in [-0.2, -0.15) is 0 Å². The van der Waals surface area contributed by atoms with Crippen molar-refractivity contribution < 1.29 is 9.53 Å². The van der Waals surface area contributed by atoms with Gasteiger partial charge in [0.15, 0.2) is 6.61 Å². The molecule has 0 unspecified atom stereocenters. The van der Waals surface area contributed by atoms with E-state index in [2.05, 4.69) is 0 Å². The highest BCUT2D eigenvalue weighted by Gasteiger charge is 2.25. The van der Waals surface area contributed by atoms with Crippen molar-refractivity contribution in [3.05, 3.63) is 53.6 Å². The lowest BCUT2D eigenvalue weighted by Crippen LogP contribution is -2.33. The SMILES string of the molecule is NC[C@@H]1CCN(C(=O)COc2ccc(-c3ccccc3)cc2Cl)C1. The summed E-state index contributed by atoms with van der Waals surface area (Å²) < 4.78 is 5.62. The number of amides is 1. The summed E-state index contributed by atoms with van der Waals surface area (Å²) in [5.74, 6) is 0.913. The molecule has 24 heavy (non-hydrogen) atoms. The Morgan fingerprint density at radius 1 is 1.21 bits per heavy atom. The van der Waals surface area contributed by atoms with Crippen LogP contribution in [0.1, 0.15) is 6.42 Å². The van der Waals surface area contributed by atoms with Crippen molar-refractivity contribution in [2.75, 3.05) is 26.2 Å². The topological polar surface area (TPSA) is 55.6 Å². The first-order chi connectivity index (χ1) is 11.7. The summed E-state index contributed by atoms with van der Waals surface area (Å²) in [7, 11) is 0. The Morgan fingerprint density at radius 2 is 2.00 bits per heavy atom. The molecule has 0 radical (unpaired) electrons. The van der Waals surface area contributed by atoms with Crippen LogP contribution in [0, 0.1) is 5.92 Å². The molecular formula is C19H21ClN2O2. The Labute approximate surface area is 147 Å². The second kappa shape index (κ2) is 7.69. The number of likely N-dealkylation sites (tertiary alicyclic amines) is 1. The van der Waals surface area contributed by atoms with Gasteiger partial charge in [0.25, 0.3) is 5.91 Å². The van der Waals surface area contributed by atoms with Crippen molar-refractivity contribution in [3.63, 3.8) is 0 Å². The number of hydrogen-bond donors (Lipinski definition) is 1. The number of halogens is 1. The van der Waals surface area contributed by atoms with Crippen LogP contribution in [-0.4, -0.2) is 37.0 Å². The molecule has 2 N–H and O–H groups in total. The molecule has 126 valence electrons. The average molecular weight is 345 g/mol. The van der Waals surface area contributed by atoms with Crippen LogP contribution in [0.15, 0.2) is 48.5 Å². The van der Waals surface area contributed by atoms with Gasteiger partial charge in [-0.05, 0) is 42.1 Å². The number of rotatable bonds is 5. The molecule has 1 saturated heterocycles. The van der Waals surface area contributed by atoms with Gasteiger partial charge in [0.1, 0.15) is 5.75 Å². The maximum Gasteiger partial charge on any atom is 0.260 e. The fraction of sp³-hybridized carbons (Fsp3) is 0.316. The second-order valence-electron chi connectivity index (χ2n) is 6.03. The van der Waals surface area contributed by atoms with Gasteiger partial charge in [-0.3, -0.25) is 4.79 Å². The summed E-state index contributed by atoms with van der Waals surface area (Å²) >= 11 is 6.30. The molecule has 1 amide bonds. The van der Waals surface area contributed by atoms with E-state index in [1.54, 1.807) is 0 Å². The quantitative estimate of drug-likeness (QED) is 0.906. The summed E-state index contributed by atoms with van der Waals surface area (Å²) in [5, 5.41) is 0.505. The van der Waals surface area contributed by atoms with Crippen molar-refractivity contribution in [1.29, 1.82) is 0 Å². The van der Waals surface area contributed by atoms with Gasteiger partial charge in [-0.15, -0.1) is 0 Å². The maximum atomic E-state index is 12.2. The first-order valence-electron chi connectivity index (χ1n) is 8.13. The van der Waals surface area contributed by atoms with E-state index in [0.29, 0.717) is 23.2 Å². The van der Waals surface area contributed by atoms with Crippen LogP contribution in [0.3, 0.4) is 0 Å². The van der Waals surface area contributed by atoms with Crippen LogP contribution in [0.4, 0.5) is 0 Å². The number of carbonyl (C=O) groups excluding carboxylic acids is 1. The molecule has 1 fully saturated rings. The largest absolute Gasteiger partial charge is 0.482 e. The van der Waals surface area contributed by atoms with E-state index in [4.69, 9.17) is 22.1 Å². The molecule has 3 rings (SSSR count). The van der Waals surface area contributed by atoms with E-state index in [1.807, 2.05) is 53.4 Å². The predicted octanol–water partition coefficient (Wildman–Crippen LogP) is 3.19. The molecule has 5 heteroatoms. The van der Waals surface area contributed by atoms with Gasteiger partial charge in [0.2, 0.25) is 0 Å². The minimum atomic E-state index is -0.0193. The molecule has 2 aromatic rings. The molecule has 0 saturated carbocycles. The van der Waals surface area contributed by atoms with E-state index < -0.39 is 0 Å². The highest BCUT2D eigenvalue weighted by atomic mass is 35.5. The highest BCUT2D eigenvalue weighted by molar-refractivity contribution is 6.32. The molecular weight excluding hydrogens is 324 g/mol. The Kier molecular flexibility index (Phi) is 5.38. The third kappa shape index (κ3) is 3.89. The van der Waals surface area contributed by atoms with E-state index in [0.717, 1.165) is 30.6 Å². The number of ether oxygens (including phenoxy) is 1. The van der Waals surface area contributed by atoms with Gasteiger partial charge in [0, 0.05) is 13.1 Å². The first kappa shape index (κ1) is 16.8. The normalized spacial score (nSPS) is 17.1. The molecule has 4 nitrogen and oxygen atoms in total. The third-order valence-corrected chi connectivity index (χ3v) is 4.66. The van der Waals surface area contributed by atoms with E-state index in [1.165, 1.54) is 0 Å². The first-order valence-corrected chi connectivity index (χ1v) is 8.51. The van der Waals surface area contributed by atoms with Crippen LogP contribution >= 0.6 is 11.6 Å². The van der Waals surface area contributed by atoms with E-state index in [-0.39, 0.29) is 12.5 Å². The smallest absolute Gasteiger partial charge is 0.260 e. The van der Waals surface area contributed by atoms with Crippen molar-refractivity contribution >= 4 is 17.5 Å².